The first kappa shape index (κ1) is 22.3. The molecule has 0 aromatic heterocycles. The number of para-hydroxylation sites is 1. The van der Waals surface area contributed by atoms with Gasteiger partial charge in [-0.3, -0.25) is 14.5 Å². The van der Waals surface area contributed by atoms with Crippen LogP contribution in [0.2, 0.25) is 0 Å². The van der Waals surface area contributed by atoms with Crippen molar-refractivity contribution in [2.24, 2.45) is 5.92 Å². The van der Waals surface area contributed by atoms with E-state index in [-0.39, 0.29) is 11.3 Å². The van der Waals surface area contributed by atoms with Crippen molar-refractivity contribution in [3.05, 3.63) is 101 Å². The zero-order valence-corrected chi connectivity index (χ0v) is 19.0. The molecule has 0 saturated carbocycles. The van der Waals surface area contributed by atoms with Crippen LogP contribution < -0.4 is 9.64 Å². The SMILES string of the molecule is Cc1ccccc1N1C(=O)C(=O)/C(=C(\O)c2cccc(OCC(C)C)c2)C1c1ccccc1. The fourth-order valence-electron chi connectivity index (χ4n) is 4.02. The van der Waals surface area contributed by atoms with E-state index in [2.05, 4.69) is 13.8 Å². The molecule has 0 bridgehead atoms. The Morgan fingerprint density at radius 1 is 0.970 bits per heavy atom. The summed E-state index contributed by atoms with van der Waals surface area (Å²) in [6.45, 7) is 6.53. The van der Waals surface area contributed by atoms with Crippen LogP contribution in [-0.4, -0.2) is 23.4 Å². The molecule has 5 nitrogen and oxygen atoms in total. The predicted octanol–water partition coefficient (Wildman–Crippen LogP) is 5.66. The van der Waals surface area contributed by atoms with Gasteiger partial charge in [0.15, 0.2) is 0 Å². The van der Waals surface area contributed by atoms with Crippen LogP contribution in [0, 0.1) is 12.8 Å². The van der Waals surface area contributed by atoms with E-state index in [1.165, 1.54) is 4.90 Å². The number of amides is 1. The molecule has 1 amide bonds. The summed E-state index contributed by atoms with van der Waals surface area (Å²) in [4.78, 5) is 28.0. The predicted molar refractivity (Wildman–Crippen MR) is 129 cm³/mol. The van der Waals surface area contributed by atoms with E-state index < -0.39 is 17.7 Å². The molecular weight excluding hydrogens is 414 g/mol. The summed E-state index contributed by atoms with van der Waals surface area (Å²) >= 11 is 0. The summed E-state index contributed by atoms with van der Waals surface area (Å²) < 4.78 is 5.79. The zero-order valence-electron chi connectivity index (χ0n) is 19.0. The molecule has 4 rings (SSSR count). The van der Waals surface area contributed by atoms with Crippen LogP contribution in [0.25, 0.3) is 5.76 Å². The molecule has 5 heteroatoms. The van der Waals surface area contributed by atoms with Gasteiger partial charge in [-0.15, -0.1) is 0 Å². The molecule has 1 fully saturated rings. The highest BCUT2D eigenvalue weighted by Crippen LogP contribution is 2.43. The minimum atomic E-state index is -0.743. The lowest BCUT2D eigenvalue weighted by atomic mass is 9.95. The number of hydrogen-bond acceptors (Lipinski definition) is 4. The van der Waals surface area contributed by atoms with Crippen LogP contribution >= 0.6 is 0 Å². The molecule has 0 aliphatic carbocycles. The summed E-state index contributed by atoms with van der Waals surface area (Å²) in [6, 6.07) is 23.0. The molecule has 1 aliphatic heterocycles. The molecule has 3 aromatic rings. The highest BCUT2D eigenvalue weighted by molar-refractivity contribution is 6.51. The van der Waals surface area contributed by atoms with E-state index in [9.17, 15) is 14.7 Å². The van der Waals surface area contributed by atoms with Gasteiger partial charge in [-0.25, -0.2) is 0 Å². The minimum absolute atomic E-state index is 0.0652. The topological polar surface area (TPSA) is 66.8 Å². The molecule has 0 radical (unpaired) electrons. The number of carbonyl (C=O) groups excluding carboxylic acids is 2. The number of Topliss-reactive ketones (excluding diaryl/α,β-unsaturated/α-hetero) is 1. The monoisotopic (exact) mass is 441 g/mol. The fraction of sp³-hybridized carbons (Fsp3) is 0.214. The van der Waals surface area contributed by atoms with E-state index in [4.69, 9.17) is 4.74 Å². The Morgan fingerprint density at radius 3 is 2.36 bits per heavy atom. The lowest BCUT2D eigenvalue weighted by Gasteiger charge is -2.26. The molecule has 0 spiro atoms. The average Bonchev–Trinajstić information content (AvgIpc) is 3.08. The van der Waals surface area contributed by atoms with Crippen LogP contribution in [0.3, 0.4) is 0 Å². The molecule has 1 N–H and O–H groups in total. The maximum absolute atomic E-state index is 13.3. The van der Waals surface area contributed by atoms with Crippen LogP contribution in [0.4, 0.5) is 5.69 Å². The normalized spacial score (nSPS) is 17.6. The van der Waals surface area contributed by atoms with Gasteiger partial charge >= 0.3 is 0 Å². The number of aliphatic hydroxyl groups is 1. The smallest absolute Gasteiger partial charge is 0.300 e. The lowest BCUT2D eigenvalue weighted by molar-refractivity contribution is -0.132. The molecule has 1 unspecified atom stereocenters. The van der Waals surface area contributed by atoms with Crippen LogP contribution in [-0.2, 0) is 9.59 Å². The maximum atomic E-state index is 13.3. The number of hydrogen-bond donors (Lipinski definition) is 1. The highest BCUT2D eigenvalue weighted by atomic mass is 16.5. The van der Waals surface area contributed by atoms with Crippen LogP contribution in [0.1, 0.15) is 36.6 Å². The Morgan fingerprint density at radius 2 is 1.67 bits per heavy atom. The van der Waals surface area contributed by atoms with E-state index in [0.29, 0.717) is 29.5 Å². The maximum Gasteiger partial charge on any atom is 0.300 e. The van der Waals surface area contributed by atoms with Crippen molar-refractivity contribution in [1.29, 1.82) is 0 Å². The second-order valence-corrected chi connectivity index (χ2v) is 8.60. The molecular formula is C28H27NO4. The van der Waals surface area contributed by atoms with Crippen molar-refractivity contribution >= 4 is 23.1 Å². The van der Waals surface area contributed by atoms with Gasteiger partial charge in [0.05, 0.1) is 18.2 Å². The number of ketones is 1. The third kappa shape index (κ3) is 4.40. The molecule has 168 valence electrons. The van der Waals surface area contributed by atoms with Crippen LogP contribution in [0.5, 0.6) is 5.75 Å². The van der Waals surface area contributed by atoms with Crippen molar-refractivity contribution in [3.8, 4) is 5.75 Å². The first-order valence-corrected chi connectivity index (χ1v) is 11.0. The number of aryl methyl sites for hydroxylation is 1. The van der Waals surface area contributed by atoms with E-state index in [1.807, 2.05) is 61.5 Å². The van der Waals surface area contributed by atoms with Gasteiger partial charge in [-0.2, -0.15) is 0 Å². The molecule has 1 heterocycles. The van der Waals surface area contributed by atoms with Crippen molar-refractivity contribution in [1.82, 2.24) is 0 Å². The second-order valence-electron chi connectivity index (χ2n) is 8.60. The number of anilines is 1. The van der Waals surface area contributed by atoms with Crippen molar-refractivity contribution in [3.63, 3.8) is 0 Å². The van der Waals surface area contributed by atoms with E-state index in [1.54, 1.807) is 24.3 Å². The summed E-state index contributed by atoms with van der Waals surface area (Å²) in [5.41, 5.74) is 2.75. The number of aliphatic hydroxyl groups excluding tert-OH is 1. The summed E-state index contributed by atoms with van der Waals surface area (Å²) in [6.07, 6.45) is 0. The summed E-state index contributed by atoms with van der Waals surface area (Å²) in [7, 11) is 0. The molecule has 33 heavy (non-hydrogen) atoms. The number of carbonyl (C=O) groups is 2. The number of rotatable bonds is 6. The van der Waals surface area contributed by atoms with Crippen molar-refractivity contribution in [2.75, 3.05) is 11.5 Å². The Kier molecular flexibility index (Phi) is 6.31. The Hall–Kier alpha value is -3.86. The van der Waals surface area contributed by atoms with Crippen molar-refractivity contribution in [2.45, 2.75) is 26.8 Å². The van der Waals surface area contributed by atoms with Gasteiger partial charge in [-0.1, -0.05) is 74.5 Å². The average molecular weight is 442 g/mol. The van der Waals surface area contributed by atoms with Gasteiger partial charge < -0.3 is 9.84 Å². The van der Waals surface area contributed by atoms with Gasteiger partial charge in [0.25, 0.3) is 11.7 Å². The summed E-state index contributed by atoms with van der Waals surface area (Å²) in [5, 5.41) is 11.3. The number of nitrogens with zero attached hydrogens (tertiary/aromatic N) is 1. The molecule has 3 aromatic carbocycles. The Labute approximate surface area is 193 Å². The van der Waals surface area contributed by atoms with Crippen LogP contribution in [0.15, 0.2) is 84.4 Å². The minimum Gasteiger partial charge on any atom is -0.507 e. The lowest BCUT2D eigenvalue weighted by Crippen LogP contribution is -2.30. The highest BCUT2D eigenvalue weighted by Gasteiger charge is 2.47. The molecule has 1 saturated heterocycles. The van der Waals surface area contributed by atoms with Gasteiger partial charge in [0.2, 0.25) is 0 Å². The van der Waals surface area contributed by atoms with Gasteiger partial charge in [0, 0.05) is 11.3 Å². The summed E-state index contributed by atoms with van der Waals surface area (Å²) in [5.74, 6) is -0.643. The Bertz CT molecular complexity index is 1210. The fourth-order valence-corrected chi connectivity index (χ4v) is 4.02. The molecule has 1 aliphatic rings. The molecule has 1 atom stereocenters. The third-order valence-corrected chi connectivity index (χ3v) is 5.63. The Balaban J connectivity index is 1.86. The zero-order chi connectivity index (χ0) is 23.5. The van der Waals surface area contributed by atoms with Gasteiger partial charge in [0.1, 0.15) is 11.5 Å². The van der Waals surface area contributed by atoms with E-state index >= 15 is 0 Å². The van der Waals surface area contributed by atoms with Crippen molar-refractivity contribution < 1.29 is 19.4 Å². The first-order chi connectivity index (χ1) is 15.9. The first-order valence-electron chi connectivity index (χ1n) is 11.0. The number of ether oxygens (including phenoxy) is 1. The quantitative estimate of drug-likeness (QED) is 0.305. The van der Waals surface area contributed by atoms with E-state index in [0.717, 1.165) is 11.1 Å². The third-order valence-electron chi connectivity index (χ3n) is 5.63. The number of benzene rings is 3. The largest absolute Gasteiger partial charge is 0.507 e. The second kappa shape index (κ2) is 9.33. The standard InChI is InChI=1S/C28H27NO4/c1-18(2)17-33-22-14-9-13-21(16-22)26(30)24-25(20-11-5-4-6-12-20)29(28(32)27(24)31)23-15-8-7-10-19(23)3/h4-16,18,25,30H,17H2,1-3H3/b26-24-. The van der Waals surface area contributed by atoms with Gasteiger partial charge in [-0.05, 0) is 42.2 Å².